The molecule has 6 rings (SSSR count). The summed E-state index contributed by atoms with van der Waals surface area (Å²) in [4.78, 5) is 9.50. The quantitative estimate of drug-likeness (QED) is 0.646. The van der Waals surface area contributed by atoms with Gasteiger partial charge in [-0.2, -0.15) is 5.26 Å². The predicted octanol–water partition coefficient (Wildman–Crippen LogP) is 3.59. The van der Waals surface area contributed by atoms with Crippen LogP contribution in [0.3, 0.4) is 0 Å². The third-order valence-electron chi connectivity index (χ3n) is 7.40. The van der Waals surface area contributed by atoms with E-state index in [-0.39, 0.29) is 6.04 Å². The summed E-state index contributed by atoms with van der Waals surface area (Å²) in [6.07, 6.45) is 0.897. The lowest BCUT2D eigenvalue weighted by Crippen LogP contribution is -2.51. The van der Waals surface area contributed by atoms with Crippen LogP contribution in [-0.4, -0.2) is 54.3 Å². The van der Waals surface area contributed by atoms with Gasteiger partial charge in [0, 0.05) is 61.7 Å². The molecule has 3 aliphatic heterocycles. The van der Waals surface area contributed by atoms with Crippen LogP contribution in [0.15, 0.2) is 48.7 Å². The second-order valence-electron chi connectivity index (χ2n) is 9.42. The molecule has 0 radical (unpaired) electrons. The molecule has 0 spiro atoms. The van der Waals surface area contributed by atoms with E-state index in [0.29, 0.717) is 30.7 Å². The molecule has 168 valence electrons. The first-order chi connectivity index (χ1) is 16.1. The molecule has 2 N–H and O–H groups in total. The summed E-state index contributed by atoms with van der Waals surface area (Å²) < 4.78 is 14.0. The molecular weight excluding hydrogens is 415 g/mol. The van der Waals surface area contributed by atoms with Crippen LogP contribution in [0, 0.1) is 11.3 Å². The van der Waals surface area contributed by atoms with Crippen molar-refractivity contribution in [1.29, 1.82) is 5.26 Å². The van der Waals surface area contributed by atoms with Crippen molar-refractivity contribution in [2.75, 3.05) is 36.4 Å². The standard InChI is InChI=1S/C26H27FN6/c1-16-13-32(24-7-4-17(10-28)26-21(24)3-2-8-30-26)15-25-20-6-5-19(9-18(20)14-33(16)25)31-23-12-29-11-22(23)27/h2-9,16,22-23,25,29,31H,11-15H2,1H3/t16-,22-,23+,25-/m1/s1. The first kappa shape index (κ1) is 20.4. The third kappa shape index (κ3) is 3.41. The van der Waals surface area contributed by atoms with E-state index < -0.39 is 6.17 Å². The molecule has 0 saturated carbocycles. The van der Waals surface area contributed by atoms with E-state index >= 15 is 0 Å². The van der Waals surface area contributed by atoms with Gasteiger partial charge in [-0.15, -0.1) is 0 Å². The maximum Gasteiger partial charge on any atom is 0.134 e. The fraction of sp³-hybridized carbons (Fsp3) is 0.385. The number of anilines is 2. The van der Waals surface area contributed by atoms with Crippen LogP contribution in [0.2, 0.25) is 0 Å². The van der Waals surface area contributed by atoms with Crippen molar-refractivity contribution in [2.24, 2.45) is 0 Å². The van der Waals surface area contributed by atoms with Crippen LogP contribution in [0.25, 0.3) is 10.9 Å². The highest BCUT2D eigenvalue weighted by atomic mass is 19.1. The zero-order valence-corrected chi connectivity index (χ0v) is 18.6. The Balaban J connectivity index is 1.30. The van der Waals surface area contributed by atoms with Crippen LogP contribution in [-0.2, 0) is 6.54 Å². The number of aromatic nitrogens is 1. The van der Waals surface area contributed by atoms with Crippen molar-refractivity contribution in [2.45, 2.75) is 37.8 Å². The summed E-state index contributed by atoms with van der Waals surface area (Å²) in [6.45, 7) is 6.09. The van der Waals surface area contributed by atoms with E-state index in [1.807, 2.05) is 12.1 Å². The smallest absolute Gasteiger partial charge is 0.134 e. The van der Waals surface area contributed by atoms with E-state index in [0.717, 1.165) is 41.9 Å². The molecule has 7 heteroatoms. The Morgan fingerprint density at radius 2 is 2.09 bits per heavy atom. The lowest BCUT2D eigenvalue weighted by molar-refractivity contribution is 0.134. The number of halogens is 1. The number of hydrogen-bond acceptors (Lipinski definition) is 6. The molecule has 6 nitrogen and oxygen atoms in total. The Kier molecular flexibility index (Phi) is 4.93. The Morgan fingerprint density at radius 3 is 2.91 bits per heavy atom. The number of hydrogen-bond donors (Lipinski definition) is 2. The Bertz CT molecular complexity index is 1250. The molecule has 0 bridgehead atoms. The zero-order valence-electron chi connectivity index (χ0n) is 18.6. The lowest BCUT2D eigenvalue weighted by atomic mass is 9.99. The van der Waals surface area contributed by atoms with Gasteiger partial charge in [0.2, 0.25) is 0 Å². The molecule has 33 heavy (non-hydrogen) atoms. The van der Waals surface area contributed by atoms with Crippen molar-refractivity contribution in [1.82, 2.24) is 15.2 Å². The molecule has 2 saturated heterocycles. The molecule has 4 heterocycles. The van der Waals surface area contributed by atoms with E-state index in [1.54, 1.807) is 6.20 Å². The first-order valence-electron chi connectivity index (χ1n) is 11.6. The van der Waals surface area contributed by atoms with Crippen molar-refractivity contribution in [3.05, 3.63) is 65.4 Å². The number of nitrogens with one attached hydrogen (secondary N) is 2. The van der Waals surface area contributed by atoms with Gasteiger partial charge in [0.05, 0.1) is 23.2 Å². The van der Waals surface area contributed by atoms with Crippen LogP contribution in [0.4, 0.5) is 15.8 Å². The summed E-state index contributed by atoms with van der Waals surface area (Å²) >= 11 is 0. The second kappa shape index (κ2) is 7.98. The molecular formula is C26H27FN6. The first-order valence-corrected chi connectivity index (χ1v) is 11.6. The predicted molar refractivity (Wildman–Crippen MR) is 128 cm³/mol. The topological polar surface area (TPSA) is 67.2 Å². The van der Waals surface area contributed by atoms with E-state index in [2.05, 4.69) is 68.7 Å². The lowest BCUT2D eigenvalue weighted by Gasteiger charge is -2.43. The summed E-state index contributed by atoms with van der Waals surface area (Å²) in [5.74, 6) is 0. The van der Waals surface area contributed by atoms with Crippen LogP contribution >= 0.6 is 0 Å². The van der Waals surface area contributed by atoms with Gasteiger partial charge in [-0.25, -0.2) is 4.39 Å². The minimum atomic E-state index is -0.852. The minimum absolute atomic E-state index is 0.167. The summed E-state index contributed by atoms with van der Waals surface area (Å²) in [5.41, 5.74) is 6.19. The van der Waals surface area contributed by atoms with Crippen LogP contribution in [0.5, 0.6) is 0 Å². The normalized spacial score (nSPS) is 26.8. The number of fused-ring (bicyclic) bond motifs is 4. The largest absolute Gasteiger partial charge is 0.378 e. The third-order valence-corrected chi connectivity index (χ3v) is 7.40. The van der Waals surface area contributed by atoms with Crippen molar-refractivity contribution in [3.63, 3.8) is 0 Å². The Morgan fingerprint density at radius 1 is 1.18 bits per heavy atom. The number of piperazine rings is 1. The minimum Gasteiger partial charge on any atom is -0.378 e. The second-order valence-corrected chi connectivity index (χ2v) is 9.42. The summed E-state index contributed by atoms with van der Waals surface area (Å²) in [5, 5.41) is 17.0. The van der Waals surface area contributed by atoms with Gasteiger partial charge in [-0.1, -0.05) is 6.07 Å². The zero-order chi connectivity index (χ0) is 22.5. The SMILES string of the molecule is C[C@@H]1CN(c2ccc(C#N)c3ncccc23)C[C@@H]2c3ccc(N[C@H]4CNC[C@H]4F)cc3CN12. The number of nitrogens with zero attached hydrogens (tertiary/aromatic N) is 4. The fourth-order valence-electron chi connectivity index (χ4n) is 5.74. The maximum absolute atomic E-state index is 14.0. The van der Waals surface area contributed by atoms with Crippen molar-refractivity contribution in [3.8, 4) is 6.07 Å². The summed E-state index contributed by atoms with van der Waals surface area (Å²) in [6, 6.07) is 17.3. The van der Waals surface area contributed by atoms with Gasteiger partial charge < -0.3 is 15.5 Å². The molecule has 3 aromatic rings. The monoisotopic (exact) mass is 442 g/mol. The molecule has 4 atom stereocenters. The highest BCUT2D eigenvalue weighted by Gasteiger charge is 2.39. The fourth-order valence-corrected chi connectivity index (χ4v) is 5.74. The Labute approximate surface area is 193 Å². The van der Waals surface area contributed by atoms with Gasteiger partial charge in [-0.05, 0) is 54.4 Å². The van der Waals surface area contributed by atoms with E-state index in [1.165, 1.54) is 11.1 Å². The van der Waals surface area contributed by atoms with Gasteiger partial charge in [0.15, 0.2) is 0 Å². The van der Waals surface area contributed by atoms with Crippen molar-refractivity contribution >= 4 is 22.3 Å². The molecule has 1 aromatic heterocycles. The molecule has 0 amide bonds. The number of nitriles is 1. The highest BCUT2D eigenvalue weighted by molar-refractivity contribution is 5.95. The molecule has 2 aromatic carbocycles. The average Bonchev–Trinajstić information content (AvgIpc) is 3.41. The molecule has 0 unspecified atom stereocenters. The van der Waals surface area contributed by atoms with E-state index in [4.69, 9.17) is 0 Å². The number of benzene rings is 2. The van der Waals surface area contributed by atoms with Gasteiger partial charge >= 0.3 is 0 Å². The molecule has 0 aliphatic carbocycles. The Hall–Kier alpha value is -3.21. The van der Waals surface area contributed by atoms with Gasteiger partial charge in [-0.3, -0.25) is 9.88 Å². The number of pyridine rings is 1. The van der Waals surface area contributed by atoms with Crippen LogP contribution < -0.4 is 15.5 Å². The molecule has 3 aliphatic rings. The van der Waals surface area contributed by atoms with Gasteiger partial charge in [0.25, 0.3) is 0 Å². The van der Waals surface area contributed by atoms with Crippen LogP contribution in [0.1, 0.15) is 29.7 Å². The van der Waals surface area contributed by atoms with E-state index in [9.17, 15) is 9.65 Å². The highest BCUT2D eigenvalue weighted by Crippen LogP contribution is 2.42. The molecule has 2 fully saturated rings. The van der Waals surface area contributed by atoms with Crippen molar-refractivity contribution < 1.29 is 4.39 Å². The summed E-state index contributed by atoms with van der Waals surface area (Å²) in [7, 11) is 0. The van der Waals surface area contributed by atoms with Gasteiger partial charge in [0.1, 0.15) is 12.2 Å². The number of alkyl halides is 1. The average molecular weight is 443 g/mol. The maximum atomic E-state index is 14.0. The number of rotatable bonds is 3.